The first-order valence-corrected chi connectivity index (χ1v) is 11.2. The minimum absolute atomic E-state index is 0.132. The van der Waals surface area contributed by atoms with E-state index in [9.17, 15) is 9.59 Å². The summed E-state index contributed by atoms with van der Waals surface area (Å²) in [4.78, 5) is 36.6. The number of carbonyl (C=O) groups is 2. The number of aryl methyl sites for hydroxylation is 1. The van der Waals surface area contributed by atoms with Crippen LogP contribution in [0.4, 0.5) is 5.13 Å². The largest absolute Gasteiger partial charge is 0.354 e. The molecule has 0 unspecified atom stereocenters. The monoisotopic (exact) mass is 420 g/mol. The molecule has 0 fully saturated rings. The van der Waals surface area contributed by atoms with E-state index in [-0.39, 0.29) is 11.7 Å². The molecule has 5 rings (SSSR count). The van der Waals surface area contributed by atoms with Crippen molar-refractivity contribution in [2.24, 2.45) is 0 Å². The Hall–Kier alpha value is -2.77. The predicted octanol–water partition coefficient (Wildman–Crippen LogP) is 4.11. The molecule has 1 aliphatic carbocycles. The molecule has 1 aliphatic heterocycles. The fraction of sp³-hybridized carbons (Fsp3) is 0.348. The summed E-state index contributed by atoms with van der Waals surface area (Å²) in [5, 5.41) is 3.58. The van der Waals surface area contributed by atoms with Crippen molar-refractivity contribution in [2.45, 2.75) is 45.7 Å². The molecule has 2 aliphatic rings. The number of thiazole rings is 1. The van der Waals surface area contributed by atoms with Gasteiger partial charge in [0.1, 0.15) is 5.69 Å². The Morgan fingerprint density at radius 1 is 1.23 bits per heavy atom. The van der Waals surface area contributed by atoms with Crippen molar-refractivity contribution in [3.63, 3.8) is 0 Å². The van der Waals surface area contributed by atoms with E-state index < -0.39 is 0 Å². The van der Waals surface area contributed by atoms with Crippen LogP contribution in [-0.2, 0) is 25.9 Å². The van der Waals surface area contributed by atoms with Gasteiger partial charge in [-0.25, -0.2) is 4.98 Å². The smallest absolute Gasteiger partial charge is 0.274 e. The van der Waals surface area contributed by atoms with Gasteiger partial charge < -0.3 is 4.98 Å². The number of aromatic nitrogens is 2. The van der Waals surface area contributed by atoms with Crippen LogP contribution in [-0.4, -0.2) is 33.1 Å². The van der Waals surface area contributed by atoms with Gasteiger partial charge in [-0.1, -0.05) is 30.3 Å². The molecule has 0 atom stereocenters. The number of hydrogen-bond donors (Lipinski definition) is 2. The Bertz CT molecular complexity index is 1120. The first kappa shape index (κ1) is 19.2. The molecule has 7 heteroatoms. The van der Waals surface area contributed by atoms with E-state index in [1.165, 1.54) is 10.4 Å². The van der Waals surface area contributed by atoms with Gasteiger partial charge in [-0.05, 0) is 30.9 Å². The number of amides is 1. The number of anilines is 1. The molecule has 0 bridgehead atoms. The normalized spacial score (nSPS) is 16.2. The highest BCUT2D eigenvalue weighted by molar-refractivity contribution is 7.15. The fourth-order valence-corrected chi connectivity index (χ4v) is 5.48. The SMILES string of the molecule is Cc1c(C(=O)Nc2nc3c(s2)CN(Cc2ccccc2)CC3)[nH]c2c1C(=O)CCC2. The van der Waals surface area contributed by atoms with E-state index in [0.717, 1.165) is 55.8 Å². The summed E-state index contributed by atoms with van der Waals surface area (Å²) in [6, 6.07) is 10.5. The van der Waals surface area contributed by atoms with E-state index in [2.05, 4.69) is 44.5 Å². The second kappa shape index (κ2) is 7.81. The molecule has 1 aromatic carbocycles. The van der Waals surface area contributed by atoms with Crippen LogP contribution in [0.1, 0.15) is 61.1 Å². The highest BCUT2D eigenvalue weighted by Crippen LogP contribution is 2.31. The Labute approximate surface area is 179 Å². The molecule has 30 heavy (non-hydrogen) atoms. The molecular weight excluding hydrogens is 396 g/mol. The van der Waals surface area contributed by atoms with Crippen molar-refractivity contribution < 1.29 is 9.59 Å². The zero-order valence-corrected chi connectivity index (χ0v) is 17.8. The highest BCUT2D eigenvalue weighted by Gasteiger charge is 2.27. The van der Waals surface area contributed by atoms with Crippen molar-refractivity contribution in [1.82, 2.24) is 14.9 Å². The molecule has 6 nitrogen and oxygen atoms in total. The van der Waals surface area contributed by atoms with Crippen LogP contribution in [0, 0.1) is 6.92 Å². The van der Waals surface area contributed by atoms with Gasteiger partial charge in [-0.15, -0.1) is 11.3 Å². The van der Waals surface area contributed by atoms with Crippen LogP contribution in [0.15, 0.2) is 30.3 Å². The van der Waals surface area contributed by atoms with Gasteiger partial charge in [-0.2, -0.15) is 0 Å². The minimum Gasteiger partial charge on any atom is -0.354 e. The van der Waals surface area contributed by atoms with Gasteiger partial charge in [0.05, 0.1) is 5.69 Å². The number of fused-ring (bicyclic) bond motifs is 2. The van der Waals surface area contributed by atoms with Crippen LogP contribution in [0.2, 0.25) is 0 Å². The molecule has 3 heterocycles. The van der Waals surface area contributed by atoms with E-state index >= 15 is 0 Å². The zero-order chi connectivity index (χ0) is 20.7. The molecule has 1 amide bonds. The number of Topliss-reactive ketones (excluding diaryl/α,β-unsaturated/α-hetero) is 1. The lowest BCUT2D eigenvalue weighted by atomic mass is 9.94. The number of H-pyrrole nitrogens is 1. The lowest BCUT2D eigenvalue weighted by molar-refractivity contribution is 0.0971. The topological polar surface area (TPSA) is 78.1 Å². The van der Waals surface area contributed by atoms with Crippen molar-refractivity contribution in [2.75, 3.05) is 11.9 Å². The van der Waals surface area contributed by atoms with E-state index in [0.29, 0.717) is 22.8 Å². The molecule has 3 aromatic rings. The highest BCUT2D eigenvalue weighted by atomic mass is 32.1. The summed E-state index contributed by atoms with van der Waals surface area (Å²) < 4.78 is 0. The maximum atomic E-state index is 12.9. The summed E-state index contributed by atoms with van der Waals surface area (Å²) in [7, 11) is 0. The maximum Gasteiger partial charge on any atom is 0.274 e. The van der Waals surface area contributed by atoms with Crippen molar-refractivity contribution in [3.8, 4) is 0 Å². The molecular formula is C23H24N4O2S. The lowest BCUT2D eigenvalue weighted by Gasteiger charge is -2.25. The van der Waals surface area contributed by atoms with Gasteiger partial charge in [-0.3, -0.25) is 19.8 Å². The van der Waals surface area contributed by atoms with Crippen LogP contribution in [0.3, 0.4) is 0 Å². The Morgan fingerprint density at radius 3 is 2.87 bits per heavy atom. The number of benzene rings is 1. The molecule has 154 valence electrons. The van der Waals surface area contributed by atoms with Crippen molar-refractivity contribution in [1.29, 1.82) is 0 Å². The standard InChI is InChI=1S/C23H24N4O2S/c1-14-20-17(8-5-9-18(20)28)24-21(14)22(29)26-23-25-16-10-11-27(13-19(16)30-23)12-15-6-3-2-4-7-15/h2-4,6-7,24H,5,8-13H2,1H3,(H,25,26,29). The maximum absolute atomic E-state index is 12.9. The third-order valence-electron chi connectivity index (χ3n) is 5.94. The number of ketones is 1. The number of nitrogens with one attached hydrogen (secondary N) is 2. The second-order valence-corrected chi connectivity index (χ2v) is 9.13. The van der Waals surface area contributed by atoms with E-state index in [1.807, 2.05) is 13.0 Å². The first-order chi connectivity index (χ1) is 14.6. The summed E-state index contributed by atoms with van der Waals surface area (Å²) in [6.07, 6.45) is 3.10. The Balaban J connectivity index is 1.30. The summed E-state index contributed by atoms with van der Waals surface area (Å²) in [6.45, 7) is 4.58. The van der Waals surface area contributed by atoms with Crippen LogP contribution < -0.4 is 5.32 Å². The third kappa shape index (κ3) is 3.59. The van der Waals surface area contributed by atoms with Crippen molar-refractivity contribution in [3.05, 3.63) is 69.0 Å². The predicted molar refractivity (Wildman–Crippen MR) is 117 cm³/mol. The van der Waals surface area contributed by atoms with Gasteiger partial charge in [0.15, 0.2) is 10.9 Å². The number of aromatic amines is 1. The van der Waals surface area contributed by atoms with Crippen LogP contribution in [0.5, 0.6) is 0 Å². The molecule has 0 radical (unpaired) electrons. The second-order valence-electron chi connectivity index (χ2n) is 8.04. The quantitative estimate of drug-likeness (QED) is 0.666. The number of hydrogen-bond acceptors (Lipinski definition) is 5. The van der Waals surface area contributed by atoms with E-state index in [4.69, 9.17) is 0 Å². The third-order valence-corrected chi connectivity index (χ3v) is 6.94. The van der Waals surface area contributed by atoms with Gasteiger partial charge in [0, 0.05) is 48.6 Å². The average Bonchev–Trinajstić information content (AvgIpc) is 3.29. The Kier molecular flexibility index (Phi) is 5.00. The minimum atomic E-state index is -0.220. The summed E-state index contributed by atoms with van der Waals surface area (Å²) in [5.41, 5.74) is 5.22. The lowest BCUT2D eigenvalue weighted by Crippen LogP contribution is -2.29. The van der Waals surface area contributed by atoms with Gasteiger partial charge in [0.2, 0.25) is 0 Å². The van der Waals surface area contributed by atoms with Crippen molar-refractivity contribution >= 4 is 28.2 Å². The molecule has 2 N–H and O–H groups in total. The van der Waals surface area contributed by atoms with Gasteiger partial charge in [0.25, 0.3) is 5.91 Å². The molecule has 0 spiro atoms. The number of nitrogens with zero attached hydrogens (tertiary/aromatic N) is 2. The molecule has 0 saturated carbocycles. The number of carbonyl (C=O) groups excluding carboxylic acids is 2. The zero-order valence-electron chi connectivity index (χ0n) is 17.0. The number of rotatable bonds is 4. The molecule has 2 aromatic heterocycles. The average molecular weight is 421 g/mol. The first-order valence-electron chi connectivity index (χ1n) is 10.4. The van der Waals surface area contributed by atoms with Crippen LogP contribution in [0.25, 0.3) is 0 Å². The molecule has 0 saturated heterocycles. The summed E-state index contributed by atoms with van der Waals surface area (Å²) >= 11 is 1.55. The van der Waals surface area contributed by atoms with Crippen LogP contribution >= 0.6 is 11.3 Å². The summed E-state index contributed by atoms with van der Waals surface area (Å²) in [5.74, 6) is -0.0887. The van der Waals surface area contributed by atoms with Gasteiger partial charge >= 0.3 is 0 Å². The Morgan fingerprint density at radius 2 is 2.07 bits per heavy atom. The fourth-order valence-electron chi connectivity index (χ4n) is 4.44. The van der Waals surface area contributed by atoms with E-state index in [1.54, 1.807) is 11.3 Å².